The molecule has 0 radical (unpaired) electrons. The summed E-state index contributed by atoms with van der Waals surface area (Å²) >= 11 is 0. The summed E-state index contributed by atoms with van der Waals surface area (Å²) in [5.74, 6) is 2.00. The fourth-order valence-electron chi connectivity index (χ4n) is 2.13. The molecule has 1 unspecified atom stereocenters. The summed E-state index contributed by atoms with van der Waals surface area (Å²) < 4.78 is 5.96. The molecule has 2 aromatic carbocycles. The van der Waals surface area contributed by atoms with E-state index in [4.69, 9.17) is 4.74 Å². The van der Waals surface area contributed by atoms with Gasteiger partial charge in [-0.1, -0.05) is 51.1 Å². The Bertz CT molecular complexity index is 561. The number of hydrogen-bond donors (Lipinski definition) is 1. The molecule has 0 fully saturated rings. The zero-order valence-electron chi connectivity index (χ0n) is 12.3. The van der Waals surface area contributed by atoms with E-state index in [1.165, 1.54) is 5.56 Å². The lowest BCUT2D eigenvalue weighted by atomic mass is 10.0. The first-order valence-electron chi connectivity index (χ1n) is 7.16. The Balaban J connectivity index is 2.28. The highest BCUT2D eigenvalue weighted by molar-refractivity contribution is 5.40. The maximum Gasteiger partial charge on any atom is 0.133 e. The van der Waals surface area contributed by atoms with Crippen molar-refractivity contribution < 1.29 is 9.84 Å². The molecule has 106 valence electrons. The van der Waals surface area contributed by atoms with Crippen LogP contribution in [0.25, 0.3) is 0 Å². The largest absolute Gasteiger partial charge is 0.457 e. The van der Waals surface area contributed by atoms with Crippen LogP contribution < -0.4 is 4.74 Å². The first kappa shape index (κ1) is 14.6. The van der Waals surface area contributed by atoms with Crippen molar-refractivity contribution in [3.05, 3.63) is 59.7 Å². The molecule has 0 saturated carbocycles. The van der Waals surface area contributed by atoms with Crippen LogP contribution in [0, 0.1) is 0 Å². The van der Waals surface area contributed by atoms with Gasteiger partial charge in [0, 0.05) is 5.56 Å². The molecule has 0 spiro atoms. The lowest BCUT2D eigenvalue weighted by molar-refractivity contribution is 0.170. The number of rotatable bonds is 5. The van der Waals surface area contributed by atoms with Gasteiger partial charge in [-0.15, -0.1) is 0 Å². The van der Waals surface area contributed by atoms with Gasteiger partial charge in [0.25, 0.3) is 0 Å². The van der Waals surface area contributed by atoms with E-state index in [-0.39, 0.29) is 0 Å². The summed E-state index contributed by atoms with van der Waals surface area (Å²) in [6, 6.07) is 15.8. The Morgan fingerprint density at radius 1 is 1.05 bits per heavy atom. The van der Waals surface area contributed by atoms with Crippen LogP contribution in [0.4, 0.5) is 0 Å². The third-order valence-corrected chi connectivity index (χ3v) is 3.42. The van der Waals surface area contributed by atoms with E-state index in [1.54, 1.807) is 0 Å². The Kier molecular flexibility index (Phi) is 4.80. The van der Waals surface area contributed by atoms with E-state index in [9.17, 15) is 5.11 Å². The molecule has 1 N–H and O–H groups in total. The van der Waals surface area contributed by atoms with Gasteiger partial charge in [-0.2, -0.15) is 0 Å². The second-order valence-electron chi connectivity index (χ2n) is 5.29. The van der Waals surface area contributed by atoms with Gasteiger partial charge in [0.1, 0.15) is 11.5 Å². The van der Waals surface area contributed by atoms with Crippen LogP contribution in [0.2, 0.25) is 0 Å². The molecule has 0 aliphatic heterocycles. The molecule has 0 bridgehead atoms. The number of hydrogen-bond acceptors (Lipinski definition) is 2. The normalized spacial score (nSPS) is 12.4. The Hall–Kier alpha value is -1.80. The third-order valence-electron chi connectivity index (χ3n) is 3.42. The van der Waals surface area contributed by atoms with E-state index in [0.717, 1.165) is 17.1 Å². The van der Waals surface area contributed by atoms with Gasteiger partial charge >= 0.3 is 0 Å². The number of aliphatic hydroxyl groups is 1. The zero-order valence-corrected chi connectivity index (χ0v) is 12.3. The van der Waals surface area contributed by atoms with Gasteiger partial charge in [-0.05, 0) is 36.1 Å². The number of ether oxygens (including phenoxy) is 1. The average Bonchev–Trinajstić information content (AvgIpc) is 2.47. The van der Waals surface area contributed by atoms with Crippen molar-refractivity contribution in [2.75, 3.05) is 0 Å². The average molecular weight is 270 g/mol. The lowest BCUT2D eigenvalue weighted by Gasteiger charge is -2.15. The maximum atomic E-state index is 10.1. The van der Waals surface area contributed by atoms with Crippen LogP contribution >= 0.6 is 0 Å². The molecule has 2 nitrogen and oxygen atoms in total. The third kappa shape index (κ3) is 3.40. The minimum Gasteiger partial charge on any atom is -0.457 e. The predicted molar refractivity (Wildman–Crippen MR) is 82.3 cm³/mol. The minimum absolute atomic E-state index is 0.468. The van der Waals surface area contributed by atoms with E-state index < -0.39 is 6.10 Å². The molecule has 0 heterocycles. The molecule has 0 aromatic heterocycles. The monoisotopic (exact) mass is 270 g/mol. The van der Waals surface area contributed by atoms with Gasteiger partial charge < -0.3 is 9.84 Å². The maximum absolute atomic E-state index is 10.1. The summed E-state index contributed by atoms with van der Waals surface area (Å²) in [5.41, 5.74) is 2.08. The van der Waals surface area contributed by atoms with Crippen molar-refractivity contribution in [2.24, 2.45) is 0 Å². The number of benzene rings is 2. The van der Waals surface area contributed by atoms with E-state index in [1.807, 2.05) is 43.3 Å². The molecule has 1 atom stereocenters. The second-order valence-corrected chi connectivity index (χ2v) is 5.29. The summed E-state index contributed by atoms with van der Waals surface area (Å²) in [5, 5.41) is 10.1. The fraction of sp³-hybridized carbons (Fsp3) is 0.333. The fourth-order valence-corrected chi connectivity index (χ4v) is 2.13. The Labute approximate surface area is 121 Å². The quantitative estimate of drug-likeness (QED) is 0.824. The first-order valence-corrected chi connectivity index (χ1v) is 7.16. The molecule has 0 amide bonds. The minimum atomic E-state index is -0.487. The molecule has 0 aliphatic rings. The smallest absolute Gasteiger partial charge is 0.133 e. The molecule has 2 aromatic rings. The van der Waals surface area contributed by atoms with Crippen molar-refractivity contribution in [2.45, 2.75) is 39.2 Å². The van der Waals surface area contributed by atoms with Gasteiger partial charge in [-0.3, -0.25) is 0 Å². The molecule has 2 heteroatoms. The van der Waals surface area contributed by atoms with Crippen molar-refractivity contribution >= 4 is 0 Å². The lowest BCUT2D eigenvalue weighted by Crippen LogP contribution is -1.99. The molecular formula is C18H22O2. The summed E-state index contributed by atoms with van der Waals surface area (Å²) in [4.78, 5) is 0. The van der Waals surface area contributed by atoms with Crippen molar-refractivity contribution in [1.82, 2.24) is 0 Å². The molecule has 2 rings (SSSR count). The van der Waals surface area contributed by atoms with Crippen LogP contribution in [-0.2, 0) is 0 Å². The molecule has 20 heavy (non-hydrogen) atoms. The highest BCUT2D eigenvalue weighted by Gasteiger charge is 2.12. The van der Waals surface area contributed by atoms with Gasteiger partial charge in [0.15, 0.2) is 0 Å². The van der Waals surface area contributed by atoms with E-state index in [2.05, 4.69) is 26.0 Å². The highest BCUT2D eigenvalue weighted by Crippen LogP contribution is 2.31. The van der Waals surface area contributed by atoms with Gasteiger partial charge in [0.05, 0.1) is 6.10 Å². The van der Waals surface area contributed by atoms with Crippen LogP contribution in [0.3, 0.4) is 0 Å². The Morgan fingerprint density at radius 2 is 1.80 bits per heavy atom. The summed E-state index contributed by atoms with van der Waals surface area (Å²) in [7, 11) is 0. The molecule has 0 saturated heterocycles. The topological polar surface area (TPSA) is 29.5 Å². The Morgan fingerprint density at radius 3 is 2.50 bits per heavy atom. The second kappa shape index (κ2) is 6.58. The van der Waals surface area contributed by atoms with Crippen LogP contribution in [0.1, 0.15) is 50.3 Å². The summed E-state index contributed by atoms with van der Waals surface area (Å²) in [6.07, 6.45) is 0.186. The zero-order chi connectivity index (χ0) is 14.5. The summed E-state index contributed by atoms with van der Waals surface area (Å²) in [6.45, 7) is 6.28. The molecular weight excluding hydrogens is 248 g/mol. The standard InChI is InChI=1S/C18H22O2/c1-4-17(19)16-10-5-6-11-18(16)20-15-9-7-8-14(12-15)13(2)3/h5-13,17,19H,4H2,1-3H3. The predicted octanol–water partition coefficient (Wildman–Crippen LogP) is 5.05. The number of aliphatic hydroxyl groups excluding tert-OH is 1. The van der Waals surface area contributed by atoms with Crippen molar-refractivity contribution in [1.29, 1.82) is 0 Å². The van der Waals surface area contributed by atoms with E-state index in [0.29, 0.717) is 12.3 Å². The highest BCUT2D eigenvalue weighted by atomic mass is 16.5. The van der Waals surface area contributed by atoms with Crippen molar-refractivity contribution in [3.63, 3.8) is 0 Å². The van der Waals surface area contributed by atoms with Crippen LogP contribution in [-0.4, -0.2) is 5.11 Å². The number of para-hydroxylation sites is 1. The first-order chi connectivity index (χ1) is 9.61. The van der Waals surface area contributed by atoms with Crippen LogP contribution in [0.15, 0.2) is 48.5 Å². The molecule has 0 aliphatic carbocycles. The SMILES string of the molecule is CCC(O)c1ccccc1Oc1cccc(C(C)C)c1. The van der Waals surface area contributed by atoms with Crippen molar-refractivity contribution in [3.8, 4) is 11.5 Å². The van der Waals surface area contributed by atoms with Gasteiger partial charge in [-0.25, -0.2) is 0 Å². The van der Waals surface area contributed by atoms with E-state index >= 15 is 0 Å². The van der Waals surface area contributed by atoms with Crippen LogP contribution in [0.5, 0.6) is 11.5 Å². The van der Waals surface area contributed by atoms with Gasteiger partial charge in [0.2, 0.25) is 0 Å².